The number of anilines is 1. The van der Waals surface area contributed by atoms with Gasteiger partial charge >= 0.3 is 0 Å². The molecular formula is C19H18F3N3O3S2. The molecule has 1 aliphatic carbocycles. The molecule has 0 radical (unpaired) electrons. The van der Waals surface area contributed by atoms with Crippen molar-refractivity contribution in [1.29, 1.82) is 5.26 Å². The second kappa shape index (κ2) is 8.02. The number of alkyl halides is 2. The van der Waals surface area contributed by atoms with Gasteiger partial charge in [0.2, 0.25) is 0 Å². The lowest BCUT2D eigenvalue weighted by atomic mass is 10.1. The van der Waals surface area contributed by atoms with Gasteiger partial charge in [0.15, 0.2) is 0 Å². The van der Waals surface area contributed by atoms with Crippen LogP contribution in [0.4, 0.5) is 18.9 Å². The first-order valence-electron chi connectivity index (χ1n) is 8.97. The topological polar surface area (TPSA) is 99.1 Å². The van der Waals surface area contributed by atoms with E-state index >= 15 is 0 Å². The third-order valence-corrected chi connectivity index (χ3v) is 7.85. The van der Waals surface area contributed by atoms with Gasteiger partial charge in [-0.1, -0.05) is 0 Å². The maximum absolute atomic E-state index is 14.2. The van der Waals surface area contributed by atoms with Crippen molar-refractivity contribution >= 4 is 33.0 Å². The van der Waals surface area contributed by atoms with E-state index in [0.29, 0.717) is 17.7 Å². The fraction of sp³-hybridized carbons (Fsp3) is 0.368. The molecule has 0 saturated heterocycles. The molecular weight excluding hydrogens is 439 g/mol. The number of nitrogens with zero attached hydrogens (tertiary/aromatic N) is 1. The molecule has 30 heavy (non-hydrogen) atoms. The number of carbonyl (C=O) groups excluding carboxylic acids is 1. The van der Waals surface area contributed by atoms with Crippen molar-refractivity contribution in [3.63, 3.8) is 0 Å². The number of rotatable bonds is 7. The second-order valence-electron chi connectivity index (χ2n) is 7.09. The average molecular weight is 457 g/mol. The monoisotopic (exact) mass is 457 g/mol. The van der Waals surface area contributed by atoms with Crippen LogP contribution < -0.4 is 10.0 Å². The van der Waals surface area contributed by atoms with Gasteiger partial charge < -0.3 is 5.32 Å². The Morgan fingerprint density at radius 3 is 2.60 bits per heavy atom. The number of amides is 1. The Balaban J connectivity index is 1.78. The third kappa shape index (κ3) is 4.50. The highest BCUT2D eigenvalue weighted by Crippen LogP contribution is 2.45. The van der Waals surface area contributed by atoms with E-state index in [9.17, 15) is 26.4 Å². The zero-order valence-corrected chi connectivity index (χ0v) is 17.6. The SMILES string of the molecule is Cc1sc(S(=O)(=O)N[C@@H](C)C(F)(F)C2CC2)cc1C(=O)Nc1ccc(F)c(C#N)c1. The van der Waals surface area contributed by atoms with E-state index in [0.717, 1.165) is 36.5 Å². The molecule has 1 aromatic heterocycles. The summed E-state index contributed by atoms with van der Waals surface area (Å²) >= 11 is 0.778. The summed E-state index contributed by atoms with van der Waals surface area (Å²) in [5.41, 5.74) is -0.0681. The molecule has 2 N–H and O–H groups in total. The molecule has 1 amide bonds. The summed E-state index contributed by atoms with van der Waals surface area (Å²) in [5, 5.41) is 11.3. The first kappa shape index (κ1) is 22.3. The molecule has 6 nitrogen and oxygen atoms in total. The largest absolute Gasteiger partial charge is 0.322 e. The van der Waals surface area contributed by atoms with Gasteiger partial charge in [-0.2, -0.15) is 5.26 Å². The van der Waals surface area contributed by atoms with Crippen LogP contribution in [0.3, 0.4) is 0 Å². The number of carbonyl (C=O) groups is 1. The predicted octanol–water partition coefficient (Wildman–Crippen LogP) is 4.03. The maximum atomic E-state index is 14.2. The van der Waals surface area contributed by atoms with Crippen LogP contribution in [0.5, 0.6) is 0 Å². The molecule has 2 aromatic rings. The smallest absolute Gasteiger partial charge is 0.266 e. The lowest BCUT2D eigenvalue weighted by Crippen LogP contribution is -2.46. The normalized spacial score (nSPS) is 15.5. The zero-order chi connectivity index (χ0) is 22.3. The van der Waals surface area contributed by atoms with Crippen molar-refractivity contribution in [2.45, 2.75) is 42.9 Å². The number of nitriles is 1. The van der Waals surface area contributed by atoms with Crippen molar-refractivity contribution in [3.05, 3.63) is 46.1 Å². The quantitative estimate of drug-likeness (QED) is 0.656. The van der Waals surface area contributed by atoms with Crippen LogP contribution >= 0.6 is 11.3 Å². The Morgan fingerprint density at radius 1 is 1.33 bits per heavy atom. The highest BCUT2D eigenvalue weighted by atomic mass is 32.2. The van der Waals surface area contributed by atoms with Crippen LogP contribution in [0.2, 0.25) is 0 Å². The van der Waals surface area contributed by atoms with E-state index < -0.39 is 39.6 Å². The van der Waals surface area contributed by atoms with E-state index in [1.54, 1.807) is 6.07 Å². The van der Waals surface area contributed by atoms with Gasteiger partial charge in [-0.3, -0.25) is 4.79 Å². The summed E-state index contributed by atoms with van der Waals surface area (Å²) in [4.78, 5) is 12.9. The van der Waals surface area contributed by atoms with Crippen LogP contribution in [0.1, 0.15) is 40.6 Å². The molecule has 0 bridgehead atoms. The summed E-state index contributed by atoms with van der Waals surface area (Å²) < 4.78 is 68.6. The number of nitrogens with one attached hydrogen (secondary N) is 2. The summed E-state index contributed by atoms with van der Waals surface area (Å²) in [6.07, 6.45) is 0.719. The van der Waals surface area contributed by atoms with E-state index in [1.807, 2.05) is 4.72 Å². The van der Waals surface area contributed by atoms with Gasteiger partial charge in [0.05, 0.1) is 17.2 Å². The van der Waals surface area contributed by atoms with Crippen molar-refractivity contribution in [2.24, 2.45) is 5.92 Å². The molecule has 0 unspecified atom stereocenters. The molecule has 1 aliphatic rings. The lowest BCUT2D eigenvalue weighted by molar-refractivity contribution is -0.0465. The summed E-state index contributed by atoms with van der Waals surface area (Å²) in [5.74, 6) is -5.38. The van der Waals surface area contributed by atoms with E-state index in [4.69, 9.17) is 5.26 Å². The summed E-state index contributed by atoms with van der Waals surface area (Å²) in [6.45, 7) is 2.64. The van der Waals surface area contributed by atoms with E-state index in [2.05, 4.69) is 5.32 Å². The number of sulfonamides is 1. The number of aryl methyl sites for hydroxylation is 1. The Hall–Kier alpha value is -2.42. The fourth-order valence-corrected chi connectivity index (χ4v) is 5.60. The molecule has 3 rings (SSSR count). The van der Waals surface area contributed by atoms with Gasteiger partial charge in [0, 0.05) is 16.5 Å². The van der Waals surface area contributed by atoms with Gasteiger partial charge in [-0.05, 0) is 51.0 Å². The van der Waals surface area contributed by atoms with Crippen molar-refractivity contribution in [1.82, 2.24) is 4.72 Å². The molecule has 160 valence electrons. The second-order valence-corrected chi connectivity index (χ2v) is 10.3. The van der Waals surface area contributed by atoms with Gasteiger partial charge in [-0.15, -0.1) is 11.3 Å². The number of benzene rings is 1. The van der Waals surface area contributed by atoms with Crippen LogP contribution in [-0.4, -0.2) is 26.3 Å². The van der Waals surface area contributed by atoms with Gasteiger partial charge in [-0.25, -0.2) is 26.3 Å². The number of hydrogen-bond donors (Lipinski definition) is 2. The summed E-state index contributed by atoms with van der Waals surface area (Å²) in [7, 11) is -4.26. The summed E-state index contributed by atoms with van der Waals surface area (Å²) in [6, 6.07) is 4.61. The van der Waals surface area contributed by atoms with E-state index in [-0.39, 0.29) is 21.0 Å². The number of thiophene rings is 1. The van der Waals surface area contributed by atoms with Crippen LogP contribution in [0, 0.1) is 30.0 Å². The Morgan fingerprint density at radius 2 is 2.00 bits per heavy atom. The molecule has 1 aromatic carbocycles. The van der Waals surface area contributed by atoms with Crippen molar-refractivity contribution in [2.75, 3.05) is 5.32 Å². The fourth-order valence-electron chi connectivity index (χ4n) is 2.89. The van der Waals surface area contributed by atoms with Crippen LogP contribution in [-0.2, 0) is 10.0 Å². The molecule has 0 spiro atoms. The average Bonchev–Trinajstić information content (AvgIpc) is 3.45. The first-order chi connectivity index (χ1) is 14.0. The molecule has 0 aliphatic heterocycles. The maximum Gasteiger partial charge on any atom is 0.266 e. The molecule has 1 heterocycles. The van der Waals surface area contributed by atoms with Crippen molar-refractivity contribution < 1.29 is 26.4 Å². The van der Waals surface area contributed by atoms with Gasteiger partial charge in [0.1, 0.15) is 16.1 Å². The molecule has 1 fully saturated rings. The molecule has 11 heteroatoms. The first-order valence-corrected chi connectivity index (χ1v) is 11.3. The highest BCUT2D eigenvalue weighted by Gasteiger charge is 2.51. The highest BCUT2D eigenvalue weighted by molar-refractivity contribution is 7.91. The Kier molecular flexibility index (Phi) is 5.95. The van der Waals surface area contributed by atoms with Crippen molar-refractivity contribution in [3.8, 4) is 6.07 Å². The lowest BCUT2D eigenvalue weighted by Gasteiger charge is -2.23. The molecule has 1 atom stereocenters. The van der Waals surface area contributed by atoms with Gasteiger partial charge in [0.25, 0.3) is 21.9 Å². The predicted molar refractivity (Wildman–Crippen MR) is 106 cm³/mol. The third-order valence-electron chi connectivity index (χ3n) is 4.78. The minimum atomic E-state index is -4.26. The van der Waals surface area contributed by atoms with E-state index in [1.165, 1.54) is 13.0 Å². The van der Waals surface area contributed by atoms with Crippen LogP contribution in [0.15, 0.2) is 28.5 Å². The van der Waals surface area contributed by atoms with Crippen LogP contribution in [0.25, 0.3) is 0 Å². The standard InChI is InChI=1S/C19H18F3N3O3S2/c1-10-15(18(26)24-14-5-6-16(20)12(7-14)9-23)8-17(29-10)30(27,28)25-11(2)19(21,22)13-3-4-13/h5-8,11,13,25H,3-4H2,1-2H3,(H,24,26)/t11-/m0/s1. The zero-order valence-electron chi connectivity index (χ0n) is 16.0. The Labute approximate surface area is 175 Å². The number of hydrogen-bond acceptors (Lipinski definition) is 5. The minimum Gasteiger partial charge on any atom is -0.322 e. The molecule has 1 saturated carbocycles. The Bertz CT molecular complexity index is 1140. The number of halogens is 3. The minimum absolute atomic E-state index is 0.0322.